The Kier molecular flexibility index (Phi) is 5.27. The van der Waals surface area contributed by atoms with Crippen LogP contribution < -0.4 is 5.73 Å². The Hall–Kier alpha value is -0.120. The molecular formula is C16H31NO2. The second-order valence-electron chi connectivity index (χ2n) is 6.76. The highest BCUT2D eigenvalue weighted by molar-refractivity contribution is 5.02. The van der Waals surface area contributed by atoms with Crippen molar-refractivity contribution >= 4 is 0 Å². The molecule has 19 heavy (non-hydrogen) atoms. The van der Waals surface area contributed by atoms with Gasteiger partial charge in [-0.2, -0.15) is 0 Å². The Morgan fingerprint density at radius 3 is 2.68 bits per heavy atom. The van der Waals surface area contributed by atoms with Gasteiger partial charge in [-0.15, -0.1) is 0 Å². The van der Waals surface area contributed by atoms with Gasteiger partial charge in [0, 0.05) is 18.6 Å². The van der Waals surface area contributed by atoms with Gasteiger partial charge in [-0.3, -0.25) is 0 Å². The van der Waals surface area contributed by atoms with Crippen molar-refractivity contribution in [2.75, 3.05) is 19.8 Å². The van der Waals surface area contributed by atoms with E-state index < -0.39 is 5.60 Å². The largest absolute Gasteiger partial charge is 0.389 e. The number of ether oxygens (including phenoxy) is 1. The molecule has 0 bridgehead atoms. The molecule has 2 aliphatic rings. The van der Waals surface area contributed by atoms with Crippen molar-refractivity contribution in [2.45, 2.75) is 70.3 Å². The van der Waals surface area contributed by atoms with Gasteiger partial charge in [-0.25, -0.2) is 0 Å². The summed E-state index contributed by atoms with van der Waals surface area (Å²) >= 11 is 0. The monoisotopic (exact) mass is 269 g/mol. The number of nitrogens with two attached hydrogens (primary N) is 1. The second kappa shape index (κ2) is 6.55. The van der Waals surface area contributed by atoms with Gasteiger partial charge >= 0.3 is 0 Å². The first-order valence-corrected chi connectivity index (χ1v) is 8.16. The van der Waals surface area contributed by atoms with Crippen molar-refractivity contribution in [3.05, 3.63) is 0 Å². The Morgan fingerprint density at radius 2 is 2.05 bits per heavy atom. The molecule has 3 heteroatoms. The van der Waals surface area contributed by atoms with Crippen molar-refractivity contribution in [2.24, 2.45) is 17.1 Å². The quantitative estimate of drug-likeness (QED) is 0.772. The van der Waals surface area contributed by atoms with Gasteiger partial charge in [0.1, 0.15) is 0 Å². The SMILES string of the molecule is CCCC1CCCC(O)(C2(CN)CCCOC2)CC1. The van der Waals surface area contributed by atoms with Gasteiger partial charge in [-0.1, -0.05) is 32.6 Å². The number of aliphatic hydroxyl groups is 1. The molecule has 0 aromatic heterocycles. The maximum Gasteiger partial charge on any atom is 0.0738 e. The van der Waals surface area contributed by atoms with Crippen LogP contribution in [-0.2, 0) is 4.74 Å². The zero-order valence-electron chi connectivity index (χ0n) is 12.5. The first-order valence-electron chi connectivity index (χ1n) is 8.16. The highest BCUT2D eigenvalue weighted by Gasteiger charge is 2.50. The molecule has 112 valence electrons. The number of hydrogen-bond donors (Lipinski definition) is 2. The molecule has 3 nitrogen and oxygen atoms in total. The molecule has 1 aliphatic heterocycles. The number of rotatable bonds is 4. The molecule has 0 aromatic rings. The Labute approximate surface area is 117 Å². The zero-order chi connectivity index (χ0) is 13.8. The van der Waals surface area contributed by atoms with Crippen LogP contribution in [0, 0.1) is 11.3 Å². The van der Waals surface area contributed by atoms with Crippen LogP contribution in [0.15, 0.2) is 0 Å². The molecule has 3 atom stereocenters. The van der Waals surface area contributed by atoms with Crippen LogP contribution in [0.4, 0.5) is 0 Å². The molecule has 0 radical (unpaired) electrons. The highest BCUT2D eigenvalue weighted by Crippen LogP contribution is 2.47. The van der Waals surface area contributed by atoms with Crippen molar-refractivity contribution in [3.63, 3.8) is 0 Å². The summed E-state index contributed by atoms with van der Waals surface area (Å²) in [5.74, 6) is 0.804. The fraction of sp³-hybridized carbons (Fsp3) is 1.00. The lowest BCUT2D eigenvalue weighted by Crippen LogP contribution is -2.56. The van der Waals surface area contributed by atoms with Crippen LogP contribution in [0.3, 0.4) is 0 Å². The summed E-state index contributed by atoms with van der Waals surface area (Å²) < 4.78 is 5.67. The molecule has 1 heterocycles. The van der Waals surface area contributed by atoms with Crippen LogP contribution in [-0.4, -0.2) is 30.5 Å². The minimum absolute atomic E-state index is 0.188. The van der Waals surface area contributed by atoms with Crippen molar-refractivity contribution in [1.29, 1.82) is 0 Å². The van der Waals surface area contributed by atoms with Crippen LogP contribution in [0.25, 0.3) is 0 Å². The van der Waals surface area contributed by atoms with Gasteiger partial charge in [0.05, 0.1) is 12.2 Å². The summed E-state index contributed by atoms with van der Waals surface area (Å²) in [5, 5.41) is 11.3. The molecule has 1 aliphatic carbocycles. The Morgan fingerprint density at radius 1 is 1.21 bits per heavy atom. The van der Waals surface area contributed by atoms with E-state index in [1.54, 1.807) is 0 Å². The minimum Gasteiger partial charge on any atom is -0.389 e. The summed E-state index contributed by atoms with van der Waals surface area (Å²) in [4.78, 5) is 0. The Balaban J connectivity index is 2.07. The van der Waals surface area contributed by atoms with E-state index in [1.807, 2.05) is 0 Å². The third kappa shape index (κ3) is 3.14. The van der Waals surface area contributed by atoms with E-state index >= 15 is 0 Å². The fourth-order valence-electron chi connectivity index (χ4n) is 4.19. The van der Waals surface area contributed by atoms with E-state index in [0.717, 1.165) is 51.0 Å². The van der Waals surface area contributed by atoms with Crippen molar-refractivity contribution in [3.8, 4) is 0 Å². The lowest BCUT2D eigenvalue weighted by Gasteiger charge is -2.48. The maximum absolute atomic E-state index is 11.3. The topological polar surface area (TPSA) is 55.5 Å². The minimum atomic E-state index is -0.593. The van der Waals surface area contributed by atoms with Gasteiger partial charge < -0.3 is 15.6 Å². The highest BCUT2D eigenvalue weighted by atomic mass is 16.5. The average Bonchev–Trinajstić information content (AvgIpc) is 2.63. The lowest BCUT2D eigenvalue weighted by molar-refractivity contribution is -0.150. The van der Waals surface area contributed by atoms with Crippen molar-refractivity contribution in [1.82, 2.24) is 0 Å². The summed E-state index contributed by atoms with van der Waals surface area (Å²) in [6.07, 6.45) is 10.0. The van der Waals surface area contributed by atoms with Gasteiger partial charge in [0.2, 0.25) is 0 Å². The summed E-state index contributed by atoms with van der Waals surface area (Å²) in [6.45, 7) is 4.30. The summed E-state index contributed by atoms with van der Waals surface area (Å²) in [7, 11) is 0. The van der Waals surface area contributed by atoms with Crippen LogP contribution in [0.1, 0.15) is 64.7 Å². The average molecular weight is 269 g/mol. The third-order valence-corrected chi connectivity index (χ3v) is 5.57. The van der Waals surface area contributed by atoms with Crippen LogP contribution in [0.5, 0.6) is 0 Å². The molecule has 0 amide bonds. The first kappa shape index (κ1) is 15.3. The molecule has 1 saturated carbocycles. The molecule has 2 rings (SSSR count). The normalized spacial score (nSPS) is 40.9. The second-order valence-corrected chi connectivity index (χ2v) is 6.76. The fourth-order valence-corrected chi connectivity index (χ4v) is 4.19. The number of hydrogen-bond acceptors (Lipinski definition) is 3. The Bertz CT molecular complexity index is 276. The van der Waals surface area contributed by atoms with E-state index in [0.29, 0.717) is 13.2 Å². The zero-order valence-corrected chi connectivity index (χ0v) is 12.5. The third-order valence-electron chi connectivity index (χ3n) is 5.57. The molecular weight excluding hydrogens is 238 g/mol. The molecule has 0 aromatic carbocycles. The predicted octanol–water partition coefficient (Wildman–Crippen LogP) is 2.85. The van der Waals surface area contributed by atoms with Gasteiger partial charge in [0.25, 0.3) is 0 Å². The van der Waals surface area contributed by atoms with Crippen LogP contribution in [0.2, 0.25) is 0 Å². The molecule has 0 spiro atoms. The molecule has 1 saturated heterocycles. The maximum atomic E-state index is 11.3. The van der Waals surface area contributed by atoms with Gasteiger partial charge in [-0.05, 0) is 38.0 Å². The first-order chi connectivity index (χ1) is 9.16. The van der Waals surface area contributed by atoms with Gasteiger partial charge in [0.15, 0.2) is 0 Å². The van der Waals surface area contributed by atoms with Crippen molar-refractivity contribution < 1.29 is 9.84 Å². The van der Waals surface area contributed by atoms with E-state index in [4.69, 9.17) is 10.5 Å². The van der Waals surface area contributed by atoms with E-state index in [1.165, 1.54) is 19.3 Å². The lowest BCUT2D eigenvalue weighted by atomic mass is 9.65. The van der Waals surface area contributed by atoms with E-state index in [2.05, 4.69) is 6.92 Å². The van der Waals surface area contributed by atoms with E-state index in [9.17, 15) is 5.11 Å². The molecule has 3 unspecified atom stereocenters. The summed E-state index contributed by atoms with van der Waals surface area (Å²) in [6, 6.07) is 0. The summed E-state index contributed by atoms with van der Waals surface area (Å²) in [5.41, 5.74) is 5.28. The molecule has 2 fully saturated rings. The van der Waals surface area contributed by atoms with E-state index in [-0.39, 0.29) is 5.41 Å². The smallest absolute Gasteiger partial charge is 0.0738 e. The van der Waals surface area contributed by atoms with Crippen LogP contribution >= 0.6 is 0 Å². The standard InChI is InChI=1S/C16H31NO2/c1-2-5-14-6-3-9-16(18,10-7-14)15(12-17)8-4-11-19-13-15/h14,18H,2-13,17H2,1H3. The predicted molar refractivity (Wildman–Crippen MR) is 78.0 cm³/mol. The molecule has 3 N–H and O–H groups in total.